The molecule has 0 spiro atoms. The van der Waals surface area contributed by atoms with Gasteiger partial charge in [-0.3, -0.25) is 0 Å². The zero-order chi connectivity index (χ0) is 16.5. The summed E-state index contributed by atoms with van der Waals surface area (Å²) in [6.07, 6.45) is 0. The van der Waals surface area contributed by atoms with E-state index >= 15 is 0 Å². The lowest BCUT2D eigenvalue weighted by Crippen LogP contribution is -1.92. The Bertz CT molecular complexity index is 1070. The molecule has 24 heavy (non-hydrogen) atoms. The van der Waals surface area contributed by atoms with Gasteiger partial charge in [0.1, 0.15) is 11.3 Å². The van der Waals surface area contributed by atoms with Crippen LogP contribution in [0, 0.1) is 0 Å². The van der Waals surface area contributed by atoms with E-state index < -0.39 is 0 Å². The summed E-state index contributed by atoms with van der Waals surface area (Å²) in [5.74, 6) is 0.392. The van der Waals surface area contributed by atoms with Crippen molar-refractivity contribution in [3.8, 4) is 5.75 Å². The van der Waals surface area contributed by atoms with Crippen LogP contribution in [0.1, 0.15) is 5.56 Å². The second-order valence-electron chi connectivity index (χ2n) is 5.39. The molecule has 0 aliphatic rings. The van der Waals surface area contributed by atoms with E-state index in [1.165, 1.54) is 0 Å². The summed E-state index contributed by atoms with van der Waals surface area (Å²) in [5, 5.41) is 27.1. The van der Waals surface area contributed by atoms with Gasteiger partial charge in [-0.1, -0.05) is 36.4 Å². The molecule has 0 saturated heterocycles. The number of para-hydroxylation sites is 2. The topological polar surface area (TPSA) is 88.5 Å². The third-order valence-electron chi connectivity index (χ3n) is 3.89. The van der Waals surface area contributed by atoms with Crippen LogP contribution in [-0.4, -0.2) is 24.9 Å². The number of benzene rings is 2. The fourth-order valence-electron chi connectivity index (χ4n) is 2.66. The molecule has 0 unspecified atom stereocenters. The van der Waals surface area contributed by atoms with Crippen LogP contribution in [0.4, 0.5) is 5.95 Å². The van der Waals surface area contributed by atoms with Crippen molar-refractivity contribution < 1.29 is 5.11 Å². The van der Waals surface area contributed by atoms with Gasteiger partial charge in [0, 0.05) is 18.0 Å². The first kappa shape index (κ1) is 14.3. The lowest BCUT2D eigenvalue weighted by molar-refractivity contribution is 0.468. The molecule has 0 saturated carbocycles. The molecule has 118 valence electrons. The van der Waals surface area contributed by atoms with E-state index in [4.69, 9.17) is 0 Å². The molecule has 7 nitrogen and oxygen atoms in total. The van der Waals surface area contributed by atoms with Gasteiger partial charge in [-0.05, 0) is 12.1 Å². The number of aromatic nitrogens is 4. The van der Waals surface area contributed by atoms with Crippen LogP contribution >= 0.6 is 0 Å². The highest BCUT2D eigenvalue weighted by Gasteiger charge is 2.11. The Morgan fingerprint density at radius 3 is 2.71 bits per heavy atom. The molecule has 0 aliphatic heterocycles. The van der Waals surface area contributed by atoms with E-state index in [-0.39, 0.29) is 18.2 Å². The number of aromatic hydroxyl groups is 1. The summed E-state index contributed by atoms with van der Waals surface area (Å²) >= 11 is 0. The third-order valence-corrected chi connectivity index (χ3v) is 3.89. The summed E-state index contributed by atoms with van der Waals surface area (Å²) in [5.41, 5.74) is 3.19. The number of phenolic OH excluding ortho intramolecular Hbond substituents is 1. The van der Waals surface area contributed by atoms with Gasteiger partial charge in [-0.2, -0.15) is 10.1 Å². The number of rotatable bonds is 3. The Labute approximate surface area is 137 Å². The minimum atomic E-state index is 0.194. The number of fused-ring (bicyclic) bond motifs is 3. The normalized spacial score (nSPS) is 11.7. The van der Waals surface area contributed by atoms with Gasteiger partial charge in [0.25, 0.3) is 5.95 Å². The van der Waals surface area contributed by atoms with Crippen molar-refractivity contribution in [3.05, 3.63) is 54.1 Å². The van der Waals surface area contributed by atoms with Gasteiger partial charge in [0.05, 0.1) is 12.1 Å². The van der Waals surface area contributed by atoms with Gasteiger partial charge >= 0.3 is 0 Å². The number of phenols is 1. The fourth-order valence-corrected chi connectivity index (χ4v) is 2.66. The van der Waals surface area contributed by atoms with Crippen LogP contribution in [0.5, 0.6) is 5.75 Å². The fraction of sp³-hybridized carbons (Fsp3) is 0.118. The lowest BCUT2D eigenvalue weighted by Gasteiger charge is -1.98. The number of azo groups is 1. The van der Waals surface area contributed by atoms with Crippen LogP contribution in [0.15, 0.2) is 58.8 Å². The van der Waals surface area contributed by atoms with Crippen molar-refractivity contribution in [3.63, 3.8) is 0 Å². The minimum absolute atomic E-state index is 0.194. The van der Waals surface area contributed by atoms with Crippen LogP contribution in [0.25, 0.3) is 22.1 Å². The first-order valence-electron chi connectivity index (χ1n) is 7.46. The maximum absolute atomic E-state index is 9.72. The summed E-state index contributed by atoms with van der Waals surface area (Å²) in [4.78, 5) is 4.43. The zero-order valence-corrected chi connectivity index (χ0v) is 13.0. The SMILES string of the molecule is Cn1c2ccccc2c2nnc(N=NCc3ccccc3O)nc21. The van der Waals surface area contributed by atoms with Crippen molar-refractivity contribution >= 4 is 28.0 Å². The smallest absolute Gasteiger partial charge is 0.289 e. The number of nitrogens with zero attached hydrogens (tertiary/aromatic N) is 6. The molecule has 0 atom stereocenters. The monoisotopic (exact) mass is 318 g/mol. The highest BCUT2D eigenvalue weighted by Crippen LogP contribution is 2.25. The minimum Gasteiger partial charge on any atom is -0.508 e. The summed E-state index contributed by atoms with van der Waals surface area (Å²) in [7, 11) is 1.93. The Balaban J connectivity index is 1.68. The molecule has 0 aliphatic carbocycles. The van der Waals surface area contributed by atoms with E-state index in [1.807, 2.05) is 41.9 Å². The van der Waals surface area contributed by atoms with Crippen LogP contribution in [0.3, 0.4) is 0 Å². The summed E-state index contributed by atoms with van der Waals surface area (Å²) in [6, 6.07) is 14.9. The number of hydrogen-bond donors (Lipinski definition) is 1. The standard InChI is InChI=1S/C17H14N6O/c1-23-13-8-4-3-7-12(13)15-16(23)19-17(22-20-15)21-18-10-11-6-2-5-9-14(11)24/h2-9,24H,10H2,1H3. The van der Waals surface area contributed by atoms with Crippen molar-refractivity contribution in [1.29, 1.82) is 0 Å². The van der Waals surface area contributed by atoms with Crippen LogP contribution in [0.2, 0.25) is 0 Å². The molecular weight excluding hydrogens is 304 g/mol. The van der Waals surface area contributed by atoms with E-state index in [9.17, 15) is 5.11 Å². The molecule has 4 aromatic rings. The molecule has 2 aromatic carbocycles. The van der Waals surface area contributed by atoms with Gasteiger partial charge in [0.2, 0.25) is 0 Å². The average Bonchev–Trinajstić information content (AvgIpc) is 2.90. The zero-order valence-electron chi connectivity index (χ0n) is 13.0. The van der Waals surface area contributed by atoms with Crippen molar-refractivity contribution in [2.45, 2.75) is 6.54 Å². The summed E-state index contributed by atoms with van der Waals surface area (Å²) < 4.78 is 1.96. The Morgan fingerprint density at radius 1 is 1.04 bits per heavy atom. The molecule has 0 radical (unpaired) electrons. The molecule has 7 heteroatoms. The second-order valence-corrected chi connectivity index (χ2v) is 5.39. The second kappa shape index (κ2) is 5.69. The molecule has 4 rings (SSSR count). The van der Waals surface area contributed by atoms with Crippen LogP contribution < -0.4 is 0 Å². The Hall–Kier alpha value is -3.35. The predicted molar refractivity (Wildman–Crippen MR) is 90.1 cm³/mol. The van der Waals surface area contributed by atoms with E-state index in [2.05, 4.69) is 25.4 Å². The Kier molecular flexibility index (Phi) is 3.38. The molecule has 1 N–H and O–H groups in total. The average molecular weight is 318 g/mol. The van der Waals surface area contributed by atoms with Gasteiger partial charge < -0.3 is 9.67 Å². The Morgan fingerprint density at radius 2 is 1.83 bits per heavy atom. The van der Waals surface area contributed by atoms with Crippen LogP contribution in [-0.2, 0) is 13.6 Å². The quantitative estimate of drug-likeness (QED) is 0.585. The van der Waals surface area contributed by atoms with E-state index in [0.717, 1.165) is 16.4 Å². The maximum Gasteiger partial charge on any atom is 0.289 e. The van der Waals surface area contributed by atoms with Crippen molar-refractivity contribution in [2.75, 3.05) is 0 Å². The van der Waals surface area contributed by atoms with Gasteiger partial charge in [0.15, 0.2) is 5.65 Å². The van der Waals surface area contributed by atoms with Gasteiger partial charge in [-0.25, -0.2) is 0 Å². The maximum atomic E-state index is 9.72. The van der Waals surface area contributed by atoms with Crippen molar-refractivity contribution in [1.82, 2.24) is 19.7 Å². The van der Waals surface area contributed by atoms with E-state index in [0.29, 0.717) is 11.2 Å². The number of aryl methyl sites for hydroxylation is 1. The number of hydrogen-bond acceptors (Lipinski definition) is 6. The largest absolute Gasteiger partial charge is 0.508 e. The first-order chi connectivity index (χ1) is 11.7. The third kappa shape index (κ3) is 2.36. The molecule has 0 amide bonds. The van der Waals surface area contributed by atoms with E-state index in [1.54, 1.807) is 18.2 Å². The van der Waals surface area contributed by atoms with Gasteiger partial charge in [-0.15, -0.1) is 15.3 Å². The highest BCUT2D eigenvalue weighted by atomic mass is 16.3. The summed E-state index contributed by atoms with van der Waals surface area (Å²) in [6.45, 7) is 0.253. The molecule has 0 bridgehead atoms. The molecule has 0 fully saturated rings. The molecular formula is C17H14N6O. The first-order valence-corrected chi connectivity index (χ1v) is 7.46. The molecule has 2 aromatic heterocycles. The predicted octanol–water partition coefficient (Wildman–Crippen LogP) is 3.51. The van der Waals surface area contributed by atoms with Crippen molar-refractivity contribution in [2.24, 2.45) is 17.3 Å². The highest BCUT2D eigenvalue weighted by molar-refractivity contribution is 6.04. The lowest BCUT2D eigenvalue weighted by atomic mass is 10.2. The molecule has 2 heterocycles.